The van der Waals surface area contributed by atoms with Crippen molar-refractivity contribution >= 4 is 45.0 Å². The maximum Gasteiger partial charge on any atom is 0.242 e. The van der Waals surface area contributed by atoms with Crippen LogP contribution in [0, 0.1) is 0 Å². The molecule has 0 spiro atoms. The Labute approximate surface area is 136 Å². The number of methoxy groups -OCH3 is 1. The van der Waals surface area contributed by atoms with Gasteiger partial charge in [-0.15, -0.1) is 5.10 Å². The normalized spacial score (nSPS) is 11.3. The summed E-state index contributed by atoms with van der Waals surface area (Å²) in [5, 5.41) is 16.1. The lowest BCUT2D eigenvalue weighted by Gasteiger charge is -2.06. The predicted octanol–water partition coefficient (Wildman–Crippen LogP) is 3.25. The summed E-state index contributed by atoms with van der Waals surface area (Å²) < 4.78 is 7.00. The lowest BCUT2D eigenvalue weighted by molar-refractivity contribution is 0.396. The van der Waals surface area contributed by atoms with Gasteiger partial charge in [0.05, 0.1) is 28.6 Å². The number of nitrogens with one attached hydrogen (secondary N) is 2. The van der Waals surface area contributed by atoms with Crippen molar-refractivity contribution in [2.75, 3.05) is 12.4 Å². The van der Waals surface area contributed by atoms with Crippen LogP contribution < -0.4 is 10.1 Å². The number of aryl methyl sites for hydroxylation is 1. The van der Waals surface area contributed by atoms with Crippen molar-refractivity contribution in [3.05, 3.63) is 35.5 Å². The third-order valence-corrected chi connectivity index (χ3v) is 3.95. The number of pyridine rings is 1. The van der Waals surface area contributed by atoms with E-state index in [9.17, 15) is 0 Å². The van der Waals surface area contributed by atoms with E-state index in [-0.39, 0.29) is 0 Å². The van der Waals surface area contributed by atoms with E-state index in [1.807, 2.05) is 31.3 Å². The van der Waals surface area contributed by atoms with E-state index >= 15 is 0 Å². The van der Waals surface area contributed by atoms with Crippen LogP contribution in [0.3, 0.4) is 0 Å². The van der Waals surface area contributed by atoms with Crippen molar-refractivity contribution in [1.29, 1.82) is 0 Å². The first kappa shape index (κ1) is 13.8. The molecule has 0 aliphatic heterocycles. The van der Waals surface area contributed by atoms with Crippen molar-refractivity contribution in [3.8, 4) is 5.88 Å². The summed E-state index contributed by atoms with van der Waals surface area (Å²) >= 11 is 6.40. The van der Waals surface area contributed by atoms with Gasteiger partial charge in [0, 0.05) is 18.9 Å². The average Bonchev–Trinajstić information content (AvgIpc) is 3.10. The number of halogens is 1. The third-order valence-electron chi connectivity index (χ3n) is 3.65. The molecule has 0 saturated carbocycles. The van der Waals surface area contributed by atoms with Crippen LogP contribution >= 0.6 is 11.6 Å². The SMILES string of the molecule is COc1nn(C)c2cc(Nc3n[nH]c4cccnc34)cc(Cl)c12. The Morgan fingerprint density at radius 1 is 1.35 bits per heavy atom. The summed E-state index contributed by atoms with van der Waals surface area (Å²) in [4.78, 5) is 4.33. The van der Waals surface area contributed by atoms with Gasteiger partial charge in [-0.2, -0.15) is 5.10 Å². The highest BCUT2D eigenvalue weighted by Crippen LogP contribution is 2.35. The van der Waals surface area contributed by atoms with Crippen LogP contribution in [0.25, 0.3) is 21.9 Å². The number of aromatic nitrogens is 5. The molecule has 0 radical (unpaired) electrons. The Balaban J connectivity index is 1.82. The van der Waals surface area contributed by atoms with Crippen molar-refractivity contribution in [1.82, 2.24) is 25.0 Å². The lowest BCUT2D eigenvalue weighted by Crippen LogP contribution is -1.94. The number of hydrogen-bond donors (Lipinski definition) is 2. The van der Waals surface area contributed by atoms with Gasteiger partial charge >= 0.3 is 0 Å². The number of H-pyrrole nitrogens is 1. The minimum atomic E-state index is 0.505. The highest BCUT2D eigenvalue weighted by atomic mass is 35.5. The average molecular weight is 329 g/mol. The van der Waals surface area contributed by atoms with Crippen LogP contribution in [0.1, 0.15) is 0 Å². The molecule has 0 saturated heterocycles. The first-order valence-electron chi connectivity index (χ1n) is 6.93. The van der Waals surface area contributed by atoms with Gasteiger partial charge in [-0.1, -0.05) is 11.6 Å². The summed E-state index contributed by atoms with van der Waals surface area (Å²) in [5.74, 6) is 1.15. The molecule has 0 unspecified atom stereocenters. The maximum atomic E-state index is 6.40. The zero-order valence-corrected chi connectivity index (χ0v) is 13.2. The lowest BCUT2D eigenvalue weighted by atomic mass is 10.2. The van der Waals surface area contributed by atoms with Gasteiger partial charge in [0.2, 0.25) is 5.88 Å². The number of anilines is 2. The molecule has 4 aromatic rings. The Morgan fingerprint density at radius 3 is 3.04 bits per heavy atom. The van der Waals surface area contributed by atoms with E-state index in [2.05, 4.69) is 25.6 Å². The molecule has 0 amide bonds. The van der Waals surface area contributed by atoms with E-state index < -0.39 is 0 Å². The van der Waals surface area contributed by atoms with Gasteiger partial charge in [0.1, 0.15) is 5.52 Å². The summed E-state index contributed by atoms with van der Waals surface area (Å²) in [6, 6.07) is 7.54. The topological polar surface area (TPSA) is 80.6 Å². The Bertz CT molecular complexity index is 1020. The van der Waals surface area contributed by atoms with Gasteiger partial charge in [-0.25, -0.2) is 0 Å². The van der Waals surface area contributed by atoms with Crippen molar-refractivity contribution in [2.45, 2.75) is 0 Å². The summed E-state index contributed by atoms with van der Waals surface area (Å²) in [5.41, 5.74) is 3.30. The number of benzene rings is 1. The molecule has 2 N–H and O–H groups in total. The van der Waals surface area contributed by atoms with E-state index in [4.69, 9.17) is 16.3 Å². The van der Waals surface area contributed by atoms with Gasteiger partial charge in [0.15, 0.2) is 5.82 Å². The fourth-order valence-electron chi connectivity index (χ4n) is 2.59. The van der Waals surface area contributed by atoms with E-state index in [0.717, 1.165) is 27.6 Å². The molecular weight excluding hydrogens is 316 g/mol. The van der Waals surface area contributed by atoms with Crippen molar-refractivity contribution in [3.63, 3.8) is 0 Å². The summed E-state index contributed by atoms with van der Waals surface area (Å²) in [7, 11) is 3.42. The number of hydrogen-bond acceptors (Lipinski definition) is 5. The summed E-state index contributed by atoms with van der Waals surface area (Å²) in [6.07, 6.45) is 1.73. The highest BCUT2D eigenvalue weighted by Gasteiger charge is 2.15. The quantitative estimate of drug-likeness (QED) is 0.603. The molecule has 3 heterocycles. The van der Waals surface area contributed by atoms with Gasteiger partial charge in [-0.3, -0.25) is 14.8 Å². The minimum absolute atomic E-state index is 0.505. The largest absolute Gasteiger partial charge is 0.479 e. The van der Waals surface area contributed by atoms with Crippen molar-refractivity contribution in [2.24, 2.45) is 7.05 Å². The molecule has 0 fully saturated rings. The van der Waals surface area contributed by atoms with E-state index in [1.54, 1.807) is 18.0 Å². The second-order valence-electron chi connectivity index (χ2n) is 5.08. The van der Waals surface area contributed by atoms with Crippen LogP contribution in [0.15, 0.2) is 30.5 Å². The fraction of sp³-hybridized carbons (Fsp3) is 0.133. The molecule has 116 valence electrons. The summed E-state index contributed by atoms with van der Waals surface area (Å²) in [6.45, 7) is 0. The zero-order chi connectivity index (χ0) is 16.0. The second kappa shape index (κ2) is 5.13. The Morgan fingerprint density at radius 2 is 2.22 bits per heavy atom. The maximum absolute atomic E-state index is 6.40. The molecular formula is C15H13ClN6O. The van der Waals surface area contributed by atoms with Gasteiger partial charge < -0.3 is 10.1 Å². The smallest absolute Gasteiger partial charge is 0.242 e. The van der Waals surface area contributed by atoms with Crippen LogP contribution in [-0.2, 0) is 7.05 Å². The molecule has 1 aromatic carbocycles. The van der Waals surface area contributed by atoms with E-state index in [0.29, 0.717) is 16.7 Å². The molecule has 7 nitrogen and oxygen atoms in total. The first-order chi connectivity index (χ1) is 11.2. The molecule has 4 rings (SSSR count). The second-order valence-corrected chi connectivity index (χ2v) is 5.49. The number of fused-ring (bicyclic) bond motifs is 2. The van der Waals surface area contributed by atoms with Gasteiger partial charge in [-0.05, 0) is 24.3 Å². The highest BCUT2D eigenvalue weighted by molar-refractivity contribution is 6.36. The van der Waals surface area contributed by atoms with Crippen molar-refractivity contribution < 1.29 is 4.74 Å². The number of ether oxygens (including phenoxy) is 1. The van der Waals surface area contributed by atoms with Crippen LogP contribution in [0.5, 0.6) is 5.88 Å². The Hall–Kier alpha value is -2.80. The number of rotatable bonds is 3. The number of nitrogens with zero attached hydrogens (tertiary/aromatic N) is 4. The predicted molar refractivity (Wildman–Crippen MR) is 89.4 cm³/mol. The van der Waals surface area contributed by atoms with Gasteiger partial charge in [0.25, 0.3) is 0 Å². The fourth-order valence-corrected chi connectivity index (χ4v) is 2.89. The standard InChI is InChI=1S/C15H13ClN6O/c1-22-11-7-8(6-9(16)12(11)15(21-22)23-2)18-14-13-10(19-20-14)4-3-5-17-13/h3-7H,1-2H3,(H2,18,19,20). The molecule has 0 aliphatic rings. The third kappa shape index (κ3) is 2.17. The molecule has 0 aliphatic carbocycles. The Kier molecular flexibility index (Phi) is 3.09. The minimum Gasteiger partial charge on any atom is -0.479 e. The molecule has 0 bridgehead atoms. The molecule has 8 heteroatoms. The molecule has 3 aromatic heterocycles. The number of aromatic amines is 1. The van der Waals surface area contributed by atoms with E-state index in [1.165, 1.54) is 0 Å². The molecule has 0 atom stereocenters. The zero-order valence-electron chi connectivity index (χ0n) is 12.5. The molecule has 23 heavy (non-hydrogen) atoms. The monoisotopic (exact) mass is 328 g/mol. The van der Waals surface area contributed by atoms with Crippen LogP contribution in [-0.4, -0.2) is 32.1 Å². The van der Waals surface area contributed by atoms with Crippen LogP contribution in [0.2, 0.25) is 5.02 Å². The first-order valence-corrected chi connectivity index (χ1v) is 7.31. The van der Waals surface area contributed by atoms with Crippen LogP contribution in [0.4, 0.5) is 11.5 Å².